The molecule has 0 radical (unpaired) electrons. The van der Waals surface area contributed by atoms with Gasteiger partial charge in [0.1, 0.15) is 0 Å². The summed E-state index contributed by atoms with van der Waals surface area (Å²) in [5, 5.41) is 0. The van der Waals surface area contributed by atoms with Crippen LogP contribution in [0, 0.1) is 0 Å². The van der Waals surface area contributed by atoms with Gasteiger partial charge in [0.15, 0.2) is 0 Å². The molecule has 2 heteroatoms. The molecule has 0 aliphatic heterocycles. The van der Waals surface area contributed by atoms with E-state index in [2.05, 4.69) is 26.3 Å². The first-order valence-electron chi connectivity index (χ1n) is 4.69. The van der Waals surface area contributed by atoms with E-state index in [1.54, 1.807) is 0 Å². The minimum absolute atomic E-state index is 0.362. The average molecular weight is 159 g/mol. The van der Waals surface area contributed by atoms with Crippen LogP contribution < -0.4 is 5.48 Å². The number of rotatable bonds is 7. The molecule has 0 amide bonds. The molecule has 1 atom stereocenters. The average Bonchev–Trinajstić information content (AvgIpc) is 2.01. The van der Waals surface area contributed by atoms with Crippen molar-refractivity contribution >= 4 is 0 Å². The summed E-state index contributed by atoms with van der Waals surface area (Å²) in [5.74, 6) is 0. The number of hydrogen-bond acceptors (Lipinski definition) is 2. The fraction of sp³-hybridized carbons (Fsp3) is 1.00. The van der Waals surface area contributed by atoms with Crippen molar-refractivity contribution in [3.05, 3.63) is 0 Å². The maximum absolute atomic E-state index is 5.33. The Bertz CT molecular complexity index is 76.0. The molecule has 0 spiro atoms. The molecule has 0 aromatic heterocycles. The Morgan fingerprint density at radius 1 is 1.27 bits per heavy atom. The molecule has 0 fully saturated rings. The van der Waals surface area contributed by atoms with Gasteiger partial charge < -0.3 is 0 Å². The molecule has 2 nitrogen and oxygen atoms in total. The highest BCUT2D eigenvalue weighted by atomic mass is 16.7. The van der Waals surface area contributed by atoms with Crippen molar-refractivity contribution in [1.82, 2.24) is 5.48 Å². The fourth-order valence-electron chi connectivity index (χ4n) is 0.854. The van der Waals surface area contributed by atoms with E-state index in [4.69, 9.17) is 4.84 Å². The van der Waals surface area contributed by atoms with Crippen LogP contribution >= 0.6 is 0 Å². The molecule has 0 rings (SSSR count). The highest BCUT2D eigenvalue weighted by Crippen LogP contribution is 2.01. The van der Waals surface area contributed by atoms with Crippen LogP contribution in [0.1, 0.15) is 46.5 Å². The molecule has 0 bridgehead atoms. The van der Waals surface area contributed by atoms with Gasteiger partial charge in [-0.1, -0.05) is 26.7 Å². The predicted molar refractivity (Wildman–Crippen MR) is 48.4 cm³/mol. The molecule has 0 saturated heterocycles. The van der Waals surface area contributed by atoms with Crippen LogP contribution in [0.15, 0.2) is 0 Å². The minimum Gasteiger partial charge on any atom is -0.299 e. The minimum atomic E-state index is 0.362. The van der Waals surface area contributed by atoms with Gasteiger partial charge >= 0.3 is 0 Å². The first-order valence-corrected chi connectivity index (χ1v) is 4.69. The molecule has 0 saturated carbocycles. The molecule has 68 valence electrons. The van der Waals surface area contributed by atoms with Crippen LogP contribution in [-0.4, -0.2) is 12.6 Å². The number of nitrogens with one attached hydrogen (secondary N) is 1. The van der Waals surface area contributed by atoms with Crippen molar-refractivity contribution in [2.75, 3.05) is 6.54 Å². The highest BCUT2D eigenvalue weighted by molar-refractivity contribution is 4.47. The standard InChI is InChI=1S/C9H21NO/c1-4-6-7-9(3)11-10-8-5-2/h9-10H,4-8H2,1-3H3. The van der Waals surface area contributed by atoms with Crippen LogP contribution in [-0.2, 0) is 4.84 Å². The quantitative estimate of drug-likeness (QED) is 0.455. The van der Waals surface area contributed by atoms with Gasteiger partial charge in [0.25, 0.3) is 0 Å². The summed E-state index contributed by atoms with van der Waals surface area (Å²) in [7, 11) is 0. The summed E-state index contributed by atoms with van der Waals surface area (Å²) in [6.07, 6.45) is 5.16. The number of hydroxylamine groups is 1. The Morgan fingerprint density at radius 3 is 2.55 bits per heavy atom. The van der Waals surface area contributed by atoms with E-state index in [-0.39, 0.29) is 0 Å². The van der Waals surface area contributed by atoms with Crippen LogP contribution in [0.25, 0.3) is 0 Å². The fourth-order valence-corrected chi connectivity index (χ4v) is 0.854. The van der Waals surface area contributed by atoms with Gasteiger partial charge in [-0.2, -0.15) is 0 Å². The Hall–Kier alpha value is -0.0800. The van der Waals surface area contributed by atoms with Gasteiger partial charge in [-0.3, -0.25) is 4.84 Å². The van der Waals surface area contributed by atoms with E-state index in [9.17, 15) is 0 Å². The highest BCUT2D eigenvalue weighted by Gasteiger charge is 1.99. The van der Waals surface area contributed by atoms with E-state index in [1.807, 2.05) is 0 Å². The Labute approximate surface area is 70.3 Å². The SMILES string of the molecule is CCCCC(C)ONCCC. The molecule has 1 unspecified atom stereocenters. The van der Waals surface area contributed by atoms with E-state index in [0.29, 0.717) is 6.10 Å². The predicted octanol–water partition coefficient (Wildman–Crippen LogP) is 2.50. The van der Waals surface area contributed by atoms with E-state index in [0.717, 1.165) is 19.4 Å². The second kappa shape index (κ2) is 8.02. The Balaban J connectivity index is 3.02. The van der Waals surface area contributed by atoms with Crippen LogP contribution in [0.5, 0.6) is 0 Å². The van der Waals surface area contributed by atoms with Crippen LogP contribution in [0.2, 0.25) is 0 Å². The zero-order valence-corrected chi connectivity index (χ0v) is 8.02. The molecular weight excluding hydrogens is 138 g/mol. The van der Waals surface area contributed by atoms with E-state index >= 15 is 0 Å². The lowest BCUT2D eigenvalue weighted by atomic mass is 10.2. The zero-order chi connectivity index (χ0) is 8.53. The molecule has 0 aromatic rings. The van der Waals surface area contributed by atoms with Gasteiger partial charge in [0, 0.05) is 6.54 Å². The van der Waals surface area contributed by atoms with Crippen molar-refractivity contribution in [1.29, 1.82) is 0 Å². The summed E-state index contributed by atoms with van der Waals surface area (Å²) < 4.78 is 0. The molecule has 0 aliphatic carbocycles. The van der Waals surface area contributed by atoms with Crippen molar-refractivity contribution < 1.29 is 4.84 Å². The molecular formula is C9H21NO. The maximum atomic E-state index is 5.33. The van der Waals surface area contributed by atoms with Gasteiger partial charge in [-0.15, -0.1) is 0 Å². The van der Waals surface area contributed by atoms with Crippen LogP contribution in [0.4, 0.5) is 0 Å². The summed E-state index contributed by atoms with van der Waals surface area (Å²) in [6, 6.07) is 0. The summed E-state index contributed by atoms with van der Waals surface area (Å²) >= 11 is 0. The van der Waals surface area contributed by atoms with E-state index in [1.165, 1.54) is 12.8 Å². The maximum Gasteiger partial charge on any atom is 0.0762 e. The largest absolute Gasteiger partial charge is 0.299 e. The smallest absolute Gasteiger partial charge is 0.0762 e. The van der Waals surface area contributed by atoms with E-state index < -0.39 is 0 Å². The number of unbranched alkanes of at least 4 members (excludes halogenated alkanes) is 1. The molecule has 0 aromatic carbocycles. The molecule has 11 heavy (non-hydrogen) atoms. The zero-order valence-electron chi connectivity index (χ0n) is 8.02. The third-order valence-electron chi connectivity index (χ3n) is 1.60. The molecule has 1 N–H and O–H groups in total. The van der Waals surface area contributed by atoms with Crippen molar-refractivity contribution in [2.45, 2.75) is 52.6 Å². The lowest BCUT2D eigenvalue weighted by Crippen LogP contribution is -2.22. The van der Waals surface area contributed by atoms with Gasteiger partial charge in [0.05, 0.1) is 6.10 Å². The summed E-state index contributed by atoms with van der Waals surface area (Å²) in [4.78, 5) is 5.33. The monoisotopic (exact) mass is 159 g/mol. The summed E-state index contributed by atoms with van der Waals surface area (Å²) in [5.41, 5.74) is 2.94. The normalized spacial score (nSPS) is 13.4. The third kappa shape index (κ3) is 7.82. The van der Waals surface area contributed by atoms with Crippen molar-refractivity contribution in [3.8, 4) is 0 Å². The summed E-state index contributed by atoms with van der Waals surface area (Å²) in [6.45, 7) is 7.40. The molecule has 0 heterocycles. The van der Waals surface area contributed by atoms with Gasteiger partial charge in [0.2, 0.25) is 0 Å². The van der Waals surface area contributed by atoms with Crippen LogP contribution in [0.3, 0.4) is 0 Å². The molecule has 0 aliphatic rings. The van der Waals surface area contributed by atoms with Gasteiger partial charge in [-0.05, 0) is 19.8 Å². The second-order valence-corrected chi connectivity index (χ2v) is 2.97. The Morgan fingerprint density at radius 2 is 2.00 bits per heavy atom. The van der Waals surface area contributed by atoms with Crippen molar-refractivity contribution in [2.24, 2.45) is 0 Å². The van der Waals surface area contributed by atoms with Gasteiger partial charge in [-0.25, -0.2) is 5.48 Å². The van der Waals surface area contributed by atoms with Crippen molar-refractivity contribution in [3.63, 3.8) is 0 Å². The third-order valence-corrected chi connectivity index (χ3v) is 1.60. The first-order chi connectivity index (χ1) is 5.31. The lowest BCUT2D eigenvalue weighted by molar-refractivity contribution is -0.0193. The Kier molecular flexibility index (Phi) is 7.96. The number of hydrogen-bond donors (Lipinski definition) is 1. The first kappa shape index (κ1) is 10.9. The topological polar surface area (TPSA) is 21.3 Å². The lowest BCUT2D eigenvalue weighted by Gasteiger charge is -2.11. The second-order valence-electron chi connectivity index (χ2n) is 2.97.